The lowest BCUT2D eigenvalue weighted by atomic mass is 9.96. The minimum Gasteiger partial charge on any atom is -0.345 e. The summed E-state index contributed by atoms with van der Waals surface area (Å²) in [4.78, 5) is 22.7. The summed E-state index contributed by atoms with van der Waals surface area (Å²) in [5, 5.41) is 13.8. The minimum absolute atomic E-state index is 0.0644. The fraction of sp³-hybridized carbons (Fsp3) is 0.211. The zero-order valence-electron chi connectivity index (χ0n) is 14.0. The van der Waals surface area contributed by atoms with Gasteiger partial charge in [0.1, 0.15) is 5.82 Å². The van der Waals surface area contributed by atoms with Crippen LogP contribution in [0.5, 0.6) is 0 Å². The standard InChI is InChI=1S/C19H19FN2O3/c1-13(2)19(15-7-10-16(20)11-8-15)21-18(23)12-9-14-5-3-4-6-17(14)22(24)25/h3-13,19H,1-2H3,(H,21,23)/b12-9+. The molecule has 0 bridgehead atoms. The number of nitro benzene ring substituents is 1. The van der Waals surface area contributed by atoms with Crippen LogP contribution in [0.3, 0.4) is 0 Å². The number of carbonyl (C=O) groups is 1. The van der Waals surface area contributed by atoms with Crippen LogP contribution in [0.2, 0.25) is 0 Å². The van der Waals surface area contributed by atoms with Gasteiger partial charge in [-0.25, -0.2) is 4.39 Å². The van der Waals surface area contributed by atoms with Crippen molar-refractivity contribution in [3.63, 3.8) is 0 Å². The zero-order valence-corrected chi connectivity index (χ0v) is 14.0. The molecule has 2 rings (SSSR count). The molecule has 0 aliphatic rings. The van der Waals surface area contributed by atoms with Crippen molar-refractivity contribution < 1.29 is 14.1 Å². The molecule has 0 aliphatic carbocycles. The summed E-state index contributed by atoms with van der Waals surface area (Å²) in [7, 11) is 0. The van der Waals surface area contributed by atoms with Crippen molar-refractivity contribution in [1.82, 2.24) is 5.32 Å². The molecule has 1 N–H and O–H groups in total. The predicted octanol–water partition coefficient (Wildman–Crippen LogP) is 4.26. The second-order valence-electron chi connectivity index (χ2n) is 5.93. The average Bonchev–Trinajstić information content (AvgIpc) is 2.58. The van der Waals surface area contributed by atoms with Crippen molar-refractivity contribution in [1.29, 1.82) is 0 Å². The monoisotopic (exact) mass is 342 g/mol. The van der Waals surface area contributed by atoms with Gasteiger partial charge in [0, 0.05) is 12.1 Å². The van der Waals surface area contributed by atoms with Crippen LogP contribution in [-0.2, 0) is 4.79 Å². The predicted molar refractivity (Wildman–Crippen MR) is 94.3 cm³/mol. The Morgan fingerprint density at radius 2 is 1.80 bits per heavy atom. The number of amides is 1. The van der Waals surface area contributed by atoms with Crippen LogP contribution in [0.15, 0.2) is 54.6 Å². The van der Waals surface area contributed by atoms with Gasteiger partial charge >= 0.3 is 0 Å². The van der Waals surface area contributed by atoms with E-state index >= 15 is 0 Å². The van der Waals surface area contributed by atoms with Gasteiger partial charge in [-0.3, -0.25) is 14.9 Å². The fourth-order valence-corrected chi connectivity index (χ4v) is 2.47. The lowest BCUT2D eigenvalue weighted by molar-refractivity contribution is -0.385. The number of hydrogen-bond acceptors (Lipinski definition) is 3. The lowest BCUT2D eigenvalue weighted by Gasteiger charge is -2.22. The molecule has 1 atom stereocenters. The molecule has 25 heavy (non-hydrogen) atoms. The normalized spacial score (nSPS) is 12.3. The first-order chi connectivity index (χ1) is 11.9. The van der Waals surface area contributed by atoms with Gasteiger partial charge in [-0.15, -0.1) is 0 Å². The van der Waals surface area contributed by atoms with E-state index in [0.717, 1.165) is 5.56 Å². The van der Waals surface area contributed by atoms with Gasteiger partial charge < -0.3 is 5.32 Å². The molecule has 0 spiro atoms. The van der Waals surface area contributed by atoms with Gasteiger partial charge in [-0.2, -0.15) is 0 Å². The van der Waals surface area contributed by atoms with Gasteiger partial charge in [-0.05, 0) is 35.8 Å². The van der Waals surface area contributed by atoms with E-state index in [-0.39, 0.29) is 29.4 Å². The fourth-order valence-electron chi connectivity index (χ4n) is 2.47. The van der Waals surface area contributed by atoms with Crippen LogP contribution in [0.4, 0.5) is 10.1 Å². The summed E-state index contributed by atoms with van der Waals surface area (Å²) >= 11 is 0. The van der Waals surface area contributed by atoms with Crippen molar-refractivity contribution in [3.8, 4) is 0 Å². The Morgan fingerprint density at radius 3 is 2.40 bits per heavy atom. The maximum Gasteiger partial charge on any atom is 0.276 e. The number of nitrogens with one attached hydrogen (secondary N) is 1. The summed E-state index contributed by atoms with van der Waals surface area (Å²) in [6.45, 7) is 3.89. The third-order valence-electron chi connectivity index (χ3n) is 3.74. The van der Waals surface area contributed by atoms with Gasteiger partial charge in [0.15, 0.2) is 0 Å². The zero-order chi connectivity index (χ0) is 18.4. The lowest BCUT2D eigenvalue weighted by Crippen LogP contribution is -2.30. The second kappa shape index (κ2) is 8.19. The average molecular weight is 342 g/mol. The molecule has 0 saturated carbocycles. The highest BCUT2D eigenvalue weighted by molar-refractivity contribution is 5.92. The van der Waals surface area contributed by atoms with Gasteiger partial charge in [-0.1, -0.05) is 38.1 Å². The SMILES string of the molecule is CC(C)C(NC(=O)/C=C/c1ccccc1[N+](=O)[O-])c1ccc(F)cc1. The molecule has 0 aliphatic heterocycles. The minimum atomic E-state index is -0.493. The van der Waals surface area contributed by atoms with Gasteiger partial charge in [0.05, 0.1) is 16.5 Å². The molecule has 2 aromatic rings. The number of nitrogens with zero attached hydrogens (tertiary/aromatic N) is 1. The van der Waals surface area contributed by atoms with E-state index in [4.69, 9.17) is 0 Å². The van der Waals surface area contributed by atoms with E-state index in [0.29, 0.717) is 5.56 Å². The number of para-hydroxylation sites is 1. The molecule has 1 unspecified atom stereocenters. The van der Waals surface area contributed by atoms with Crippen molar-refractivity contribution in [2.45, 2.75) is 19.9 Å². The molecule has 0 heterocycles. The Morgan fingerprint density at radius 1 is 1.16 bits per heavy atom. The van der Waals surface area contributed by atoms with Crippen LogP contribution >= 0.6 is 0 Å². The first kappa shape index (κ1) is 18.3. The Balaban J connectivity index is 2.14. The highest BCUT2D eigenvalue weighted by Crippen LogP contribution is 2.22. The molecule has 0 saturated heterocycles. The Labute approximate surface area is 145 Å². The first-order valence-electron chi connectivity index (χ1n) is 7.86. The molecule has 1 amide bonds. The highest BCUT2D eigenvalue weighted by Gasteiger charge is 2.17. The van der Waals surface area contributed by atoms with Crippen molar-refractivity contribution in [2.75, 3.05) is 0 Å². The van der Waals surface area contributed by atoms with Crippen molar-refractivity contribution in [3.05, 3.63) is 81.7 Å². The molecule has 6 heteroatoms. The molecule has 2 aromatic carbocycles. The Kier molecular flexibility index (Phi) is 6.00. The van der Waals surface area contributed by atoms with Crippen molar-refractivity contribution >= 4 is 17.7 Å². The number of benzene rings is 2. The third-order valence-corrected chi connectivity index (χ3v) is 3.74. The van der Waals surface area contributed by atoms with E-state index in [2.05, 4.69) is 5.32 Å². The summed E-state index contributed by atoms with van der Waals surface area (Å²) in [5.74, 6) is -0.621. The quantitative estimate of drug-likeness (QED) is 0.484. The smallest absolute Gasteiger partial charge is 0.276 e. The molecule has 130 valence electrons. The summed E-state index contributed by atoms with van der Waals surface area (Å²) in [6.07, 6.45) is 2.68. The summed E-state index contributed by atoms with van der Waals surface area (Å²) in [6, 6.07) is 11.9. The number of halogens is 1. The molecule has 0 aromatic heterocycles. The molecular formula is C19H19FN2O3. The third kappa shape index (κ3) is 4.97. The van der Waals surface area contributed by atoms with E-state index in [1.807, 2.05) is 13.8 Å². The van der Waals surface area contributed by atoms with E-state index in [1.165, 1.54) is 30.4 Å². The van der Waals surface area contributed by atoms with E-state index in [9.17, 15) is 19.3 Å². The summed E-state index contributed by atoms with van der Waals surface area (Å²) < 4.78 is 13.1. The van der Waals surface area contributed by atoms with Crippen LogP contribution in [0.25, 0.3) is 6.08 Å². The van der Waals surface area contributed by atoms with Gasteiger partial charge in [0.25, 0.3) is 5.69 Å². The number of hydrogen-bond donors (Lipinski definition) is 1. The van der Waals surface area contributed by atoms with E-state index in [1.54, 1.807) is 30.3 Å². The van der Waals surface area contributed by atoms with Crippen LogP contribution in [0, 0.1) is 21.8 Å². The van der Waals surface area contributed by atoms with Crippen LogP contribution in [-0.4, -0.2) is 10.8 Å². The maximum atomic E-state index is 13.1. The number of rotatable bonds is 6. The highest BCUT2D eigenvalue weighted by atomic mass is 19.1. The number of carbonyl (C=O) groups excluding carboxylic acids is 1. The second-order valence-corrected chi connectivity index (χ2v) is 5.93. The van der Waals surface area contributed by atoms with Crippen molar-refractivity contribution in [2.24, 2.45) is 5.92 Å². The Hall–Kier alpha value is -3.02. The molecule has 0 radical (unpaired) electrons. The molecule has 5 nitrogen and oxygen atoms in total. The first-order valence-corrected chi connectivity index (χ1v) is 7.86. The Bertz CT molecular complexity index is 786. The molecule has 0 fully saturated rings. The summed E-state index contributed by atoms with van der Waals surface area (Å²) in [5.41, 5.74) is 1.08. The topological polar surface area (TPSA) is 72.2 Å². The largest absolute Gasteiger partial charge is 0.345 e. The maximum absolute atomic E-state index is 13.1. The van der Waals surface area contributed by atoms with Crippen LogP contribution < -0.4 is 5.32 Å². The van der Waals surface area contributed by atoms with Crippen LogP contribution in [0.1, 0.15) is 31.0 Å². The van der Waals surface area contributed by atoms with Gasteiger partial charge in [0.2, 0.25) is 5.91 Å². The number of nitro groups is 1. The van der Waals surface area contributed by atoms with E-state index < -0.39 is 4.92 Å². The molecular weight excluding hydrogens is 323 g/mol.